The predicted molar refractivity (Wildman–Crippen MR) is 134 cm³/mol. The molecule has 0 heterocycles. The molecule has 39 heavy (non-hydrogen) atoms. The van der Waals surface area contributed by atoms with E-state index in [1.165, 1.54) is 55.7 Å². The monoisotopic (exact) mass is 544 g/mol. The highest BCUT2D eigenvalue weighted by Gasteiger charge is 2.52. The van der Waals surface area contributed by atoms with Crippen molar-refractivity contribution in [2.75, 3.05) is 14.2 Å². The summed E-state index contributed by atoms with van der Waals surface area (Å²) in [5.41, 5.74) is -1.39. The molecule has 1 aliphatic rings. The molecule has 0 spiro atoms. The van der Waals surface area contributed by atoms with Crippen LogP contribution in [0.4, 0.5) is 0 Å². The van der Waals surface area contributed by atoms with Crippen LogP contribution in [0.2, 0.25) is 0 Å². The number of rotatable bonds is 8. The molecule has 5 N–H and O–H groups in total. The number of hydrogen-bond donors (Lipinski definition) is 5. The zero-order valence-electron chi connectivity index (χ0n) is 21.0. The molecule has 2 aromatic carbocycles. The van der Waals surface area contributed by atoms with Crippen LogP contribution in [-0.2, 0) is 28.6 Å². The number of hydrogen-bond acceptors (Lipinski definition) is 12. The first-order valence-corrected chi connectivity index (χ1v) is 11.6. The fraction of sp³-hybridized carbons (Fsp3) is 0.296. The minimum absolute atomic E-state index is 0.0958. The zero-order valence-corrected chi connectivity index (χ0v) is 21.0. The molecule has 0 unspecified atom stereocenters. The van der Waals surface area contributed by atoms with Crippen molar-refractivity contribution in [3.8, 4) is 23.0 Å². The van der Waals surface area contributed by atoms with Gasteiger partial charge in [-0.3, -0.25) is 0 Å². The number of aromatic hydroxyl groups is 3. The number of methoxy groups -OCH3 is 2. The van der Waals surface area contributed by atoms with E-state index in [-0.39, 0.29) is 17.2 Å². The molecular formula is C27H28O12. The van der Waals surface area contributed by atoms with Gasteiger partial charge >= 0.3 is 17.9 Å². The molecule has 208 valence electrons. The third-order valence-electron chi connectivity index (χ3n) is 5.94. The lowest BCUT2D eigenvalue weighted by molar-refractivity contribution is -0.206. The highest BCUT2D eigenvalue weighted by atomic mass is 16.6. The van der Waals surface area contributed by atoms with Gasteiger partial charge in [0, 0.05) is 25.0 Å². The summed E-state index contributed by atoms with van der Waals surface area (Å²) in [4.78, 5) is 37.3. The average Bonchev–Trinajstić information content (AvgIpc) is 2.90. The van der Waals surface area contributed by atoms with E-state index >= 15 is 0 Å². The van der Waals surface area contributed by atoms with Crippen LogP contribution in [0.3, 0.4) is 0 Å². The van der Waals surface area contributed by atoms with Crippen molar-refractivity contribution in [1.82, 2.24) is 0 Å². The summed E-state index contributed by atoms with van der Waals surface area (Å²) in [5.74, 6) is -3.64. The summed E-state index contributed by atoms with van der Waals surface area (Å²) < 4.78 is 20.3. The molecule has 2 aromatic rings. The number of carbonyl (C=O) groups excluding carboxylic acids is 3. The van der Waals surface area contributed by atoms with Gasteiger partial charge in [-0.05, 0) is 47.5 Å². The Bertz CT molecular complexity index is 1280. The van der Waals surface area contributed by atoms with Gasteiger partial charge in [-0.25, -0.2) is 14.4 Å². The Kier molecular flexibility index (Phi) is 9.17. The standard InChI is InChI=1S/C27H28O12/c1-36-21-12-16(4-8-18(21)29)6-10-24(33)39-25-20(31)13-27(35,26(34)37-2)14-22(25)38-23(32)9-5-15-3-7-17(28)19(30)11-15/h3-12,20,22,25,28-31,35H,13-14H2,1-2H3/b9-5+,10-6+/t20-,22-,25-,27+/m1/s1. The Balaban J connectivity index is 1.77. The highest BCUT2D eigenvalue weighted by Crippen LogP contribution is 2.34. The summed E-state index contributed by atoms with van der Waals surface area (Å²) in [7, 11) is 2.40. The van der Waals surface area contributed by atoms with Crippen LogP contribution in [-0.4, -0.2) is 81.6 Å². The maximum atomic E-state index is 12.6. The molecule has 1 fully saturated rings. The van der Waals surface area contributed by atoms with E-state index in [1.807, 2.05) is 0 Å². The van der Waals surface area contributed by atoms with Gasteiger partial charge in [0.15, 0.2) is 34.7 Å². The SMILES string of the molecule is COC(=O)[C@]1(O)C[C@@H](O)[C@@H](OC(=O)/C=C/c2ccc(O)c(OC)c2)[C@H](OC(=O)/C=C/c2ccc(O)c(O)c2)C1. The van der Waals surface area contributed by atoms with Gasteiger partial charge < -0.3 is 44.5 Å². The molecule has 0 amide bonds. The van der Waals surface area contributed by atoms with Crippen LogP contribution < -0.4 is 4.74 Å². The van der Waals surface area contributed by atoms with Gasteiger partial charge in [0.1, 0.15) is 6.10 Å². The van der Waals surface area contributed by atoms with Crippen LogP contribution in [0, 0.1) is 0 Å². The second-order valence-electron chi connectivity index (χ2n) is 8.72. The van der Waals surface area contributed by atoms with Crippen molar-refractivity contribution < 1.29 is 58.9 Å². The van der Waals surface area contributed by atoms with Gasteiger partial charge in [0.2, 0.25) is 0 Å². The molecule has 0 aliphatic heterocycles. The summed E-state index contributed by atoms with van der Waals surface area (Å²) >= 11 is 0. The minimum Gasteiger partial charge on any atom is -0.504 e. The van der Waals surface area contributed by atoms with Crippen molar-refractivity contribution in [3.05, 3.63) is 59.7 Å². The fourth-order valence-electron chi connectivity index (χ4n) is 3.99. The van der Waals surface area contributed by atoms with E-state index in [2.05, 4.69) is 4.74 Å². The van der Waals surface area contributed by atoms with Crippen molar-refractivity contribution in [3.63, 3.8) is 0 Å². The molecule has 1 aliphatic carbocycles. The average molecular weight is 545 g/mol. The Morgan fingerprint density at radius 3 is 2.03 bits per heavy atom. The number of phenolic OH excluding ortho intramolecular Hbond substituents is 3. The number of aliphatic hydroxyl groups excluding tert-OH is 1. The quantitative estimate of drug-likeness (QED) is 0.139. The number of benzene rings is 2. The van der Waals surface area contributed by atoms with Gasteiger partial charge in [-0.1, -0.05) is 12.1 Å². The van der Waals surface area contributed by atoms with Crippen molar-refractivity contribution in [1.29, 1.82) is 0 Å². The first kappa shape index (κ1) is 29.0. The summed E-state index contributed by atoms with van der Waals surface area (Å²) in [6.07, 6.45) is -0.947. The molecule has 3 rings (SSSR count). The molecule has 0 aromatic heterocycles. The van der Waals surface area contributed by atoms with Crippen molar-refractivity contribution in [2.45, 2.75) is 36.8 Å². The first-order chi connectivity index (χ1) is 18.4. The Labute approximate surface area is 222 Å². The summed E-state index contributed by atoms with van der Waals surface area (Å²) in [5, 5.41) is 50.1. The van der Waals surface area contributed by atoms with E-state index in [9.17, 15) is 39.9 Å². The van der Waals surface area contributed by atoms with E-state index in [0.717, 1.165) is 19.3 Å². The van der Waals surface area contributed by atoms with Gasteiger partial charge in [0.25, 0.3) is 0 Å². The van der Waals surface area contributed by atoms with Crippen molar-refractivity contribution in [2.24, 2.45) is 0 Å². The Hall–Kier alpha value is -4.55. The second kappa shape index (κ2) is 12.3. The molecule has 0 saturated heterocycles. The predicted octanol–water partition coefficient (Wildman–Crippen LogP) is 1.42. The molecule has 0 radical (unpaired) electrons. The van der Waals surface area contributed by atoms with Gasteiger partial charge in [-0.2, -0.15) is 0 Å². The maximum absolute atomic E-state index is 12.6. The smallest absolute Gasteiger partial charge is 0.338 e. The number of phenols is 3. The topological polar surface area (TPSA) is 189 Å². The van der Waals surface area contributed by atoms with E-state index in [0.29, 0.717) is 11.1 Å². The fourth-order valence-corrected chi connectivity index (χ4v) is 3.99. The lowest BCUT2D eigenvalue weighted by atomic mass is 9.79. The minimum atomic E-state index is -2.22. The lowest BCUT2D eigenvalue weighted by Gasteiger charge is -2.41. The summed E-state index contributed by atoms with van der Waals surface area (Å²) in [6.45, 7) is 0. The zero-order chi connectivity index (χ0) is 28.7. The molecule has 12 heteroatoms. The maximum Gasteiger partial charge on any atom is 0.338 e. The van der Waals surface area contributed by atoms with Crippen LogP contribution in [0.5, 0.6) is 23.0 Å². The van der Waals surface area contributed by atoms with Gasteiger partial charge in [0.05, 0.1) is 20.3 Å². The van der Waals surface area contributed by atoms with Crippen molar-refractivity contribution >= 4 is 30.1 Å². The Morgan fingerprint density at radius 1 is 0.846 bits per heavy atom. The molecule has 4 atom stereocenters. The number of carbonyl (C=O) groups is 3. The van der Waals surface area contributed by atoms with Crippen LogP contribution in [0.15, 0.2) is 48.6 Å². The molecule has 0 bridgehead atoms. The molecule has 12 nitrogen and oxygen atoms in total. The van der Waals surface area contributed by atoms with Gasteiger partial charge in [-0.15, -0.1) is 0 Å². The third-order valence-corrected chi connectivity index (χ3v) is 5.94. The van der Waals surface area contributed by atoms with E-state index < -0.39 is 60.4 Å². The van der Waals surface area contributed by atoms with E-state index in [1.54, 1.807) is 0 Å². The molecular weight excluding hydrogens is 516 g/mol. The largest absolute Gasteiger partial charge is 0.504 e. The first-order valence-electron chi connectivity index (χ1n) is 11.6. The third kappa shape index (κ3) is 7.27. The van der Waals surface area contributed by atoms with E-state index in [4.69, 9.17) is 14.2 Å². The number of ether oxygens (including phenoxy) is 4. The molecule has 1 saturated carbocycles. The van der Waals surface area contributed by atoms with Crippen LogP contribution in [0.1, 0.15) is 24.0 Å². The highest BCUT2D eigenvalue weighted by molar-refractivity contribution is 5.88. The van der Waals surface area contributed by atoms with Crippen LogP contribution in [0.25, 0.3) is 12.2 Å². The Morgan fingerprint density at radius 2 is 1.44 bits per heavy atom. The summed E-state index contributed by atoms with van der Waals surface area (Å²) in [6, 6.07) is 8.17. The number of aliphatic hydroxyl groups is 2. The lowest BCUT2D eigenvalue weighted by Crippen LogP contribution is -2.58. The number of esters is 3. The second-order valence-corrected chi connectivity index (χ2v) is 8.72. The normalized spacial score (nSPS) is 22.9. The van der Waals surface area contributed by atoms with Crippen LogP contribution >= 0.6 is 0 Å².